The van der Waals surface area contributed by atoms with Crippen molar-refractivity contribution in [3.8, 4) is 5.75 Å². The Kier molecular flexibility index (Phi) is 6.79. The number of hydrogen-bond acceptors (Lipinski definition) is 4. The van der Waals surface area contributed by atoms with Crippen LogP contribution in [0.5, 0.6) is 5.75 Å². The third-order valence-electron chi connectivity index (χ3n) is 4.91. The van der Waals surface area contributed by atoms with Gasteiger partial charge in [0.2, 0.25) is 5.60 Å². The fraction of sp³-hybridized carbons (Fsp3) is 0.632. The summed E-state index contributed by atoms with van der Waals surface area (Å²) in [5.41, 5.74) is -3.24. The summed E-state index contributed by atoms with van der Waals surface area (Å²) in [4.78, 5) is 5.99. The van der Waals surface area contributed by atoms with E-state index in [1.165, 1.54) is 19.5 Å². The van der Waals surface area contributed by atoms with Crippen molar-refractivity contribution >= 4 is 12.0 Å². The molecular weight excluding hydrogens is 399 g/mol. The van der Waals surface area contributed by atoms with Crippen LogP contribution in [0.3, 0.4) is 0 Å². The predicted molar refractivity (Wildman–Crippen MR) is 98.0 cm³/mol. The van der Waals surface area contributed by atoms with Crippen LogP contribution < -0.4 is 4.74 Å². The Bertz CT molecular complexity index is 754. The molecule has 2 atom stereocenters. The zero-order valence-electron chi connectivity index (χ0n) is 16.7. The Morgan fingerprint density at radius 1 is 1.34 bits per heavy atom. The molecule has 1 aromatic carbocycles. The molecule has 1 fully saturated rings. The normalized spacial score (nSPS) is 20.6. The number of hydrogen-bond donors (Lipinski definition) is 1. The van der Waals surface area contributed by atoms with Gasteiger partial charge in [0.1, 0.15) is 5.75 Å². The lowest BCUT2D eigenvalue weighted by Crippen LogP contribution is -2.46. The van der Waals surface area contributed by atoms with E-state index in [4.69, 9.17) is 9.47 Å². The largest absolute Gasteiger partial charge is 0.496 e. The fourth-order valence-electron chi connectivity index (χ4n) is 2.66. The number of benzene rings is 1. The molecule has 0 radical (unpaired) electrons. The second-order valence-electron chi connectivity index (χ2n) is 7.19. The topological polar surface area (TPSA) is 54.3 Å². The highest BCUT2D eigenvalue weighted by atomic mass is 19.4. The first-order chi connectivity index (χ1) is 13.4. The molecule has 1 saturated carbocycles. The number of aliphatic hydroxyl groups is 1. The van der Waals surface area contributed by atoms with E-state index in [0.717, 1.165) is 6.07 Å². The van der Waals surface area contributed by atoms with E-state index in [9.17, 15) is 27.1 Å². The van der Waals surface area contributed by atoms with Crippen LogP contribution in [-0.2, 0) is 10.3 Å². The first kappa shape index (κ1) is 23.3. The van der Waals surface area contributed by atoms with E-state index in [2.05, 4.69) is 4.99 Å². The van der Waals surface area contributed by atoms with Crippen LogP contribution in [0.25, 0.3) is 0 Å². The van der Waals surface area contributed by atoms with Crippen molar-refractivity contribution in [2.24, 2.45) is 10.9 Å². The molecule has 0 spiro atoms. The van der Waals surface area contributed by atoms with Gasteiger partial charge in [0, 0.05) is 31.6 Å². The molecule has 2 unspecified atom stereocenters. The van der Waals surface area contributed by atoms with Crippen molar-refractivity contribution in [3.05, 3.63) is 23.3 Å². The van der Waals surface area contributed by atoms with Crippen LogP contribution in [0.2, 0.25) is 0 Å². The molecule has 5 nitrogen and oxygen atoms in total. The number of ether oxygens (including phenoxy) is 2. The Morgan fingerprint density at radius 3 is 2.45 bits per heavy atom. The molecule has 0 saturated heterocycles. The molecule has 2 rings (SSSR count). The highest BCUT2D eigenvalue weighted by Gasteiger charge is 2.59. The van der Waals surface area contributed by atoms with Crippen molar-refractivity contribution in [1.29, 1.82) is 0 Å². The molecule has 10 heteroatoms. The first-order valence-electron chi connectivity index (χ1n) is 9.04. The van der Waals surface area contributed by atoms with E-state index in [0.29, 0.717) is 17.8 Å². The quantitative estimate of drug-likeness (QED) is 0.369. The third kappa shape index (κ3) is 5.16. The number of halogens is 5. The summed E-state index contributed by atoms with van der Waals surface area (Å²) < 4.78 is 77.1. The summed E-state index contributed by atoms with van der Waals surface area (Å²) >= 11 is 0. The minimum atomic E-state index is -5.12. The van der Waals surface area contributed by atoms with Crippen LogP contribution in [0.15, 0.2) is 17.1 Å². The summed E-state index contributed by atoms with van der Waals surface area (Å²) in [5.74, 6) is -4.28. The summed E-state index contributed by atoms with van der Waals surface area (Å²) in [7, 11) is 2.95. The van der Waals surface area contributed by atoms with Crippen molar-refractivity contribution in [2.75, 3.05) is 33.9 Å². The Hall–Kier alpha value is -1.94. The number of aryl methyl sites for hydroxylation is 1. The lowest BCUT2D eigenvalue weighted by Gasteiger charge is -2.32. The summed E-state index contributed by atoms with van der Waals surface area (Å²) in [6, 6.07) is 2.41. The van der Waals surface area contributed by atoms with E-state index in [1.807, 2.05) is 6.92 Å². The second-order valence-corrected chi connectivity index (χ2v) is 7.19. The monoisotopic (exact) mass is 424 g/mol. The maximum atomic E-state index is 13.8. The molecular formula is C19H25F5N2O3. The van der Waals surface area contributed by atoms with Gasteiger partial charge in [0.05, 0.1) is 38.3 Å². The fourth-order valence-corrected chi connectivity index (χ4v) is 2.66. The molecule has 1 aliphatic rings. The van der Waals surface area contributed by atoms with Gasteiger partial charge in [-0.3, -0.25) is 0 Å². The highest BCUT2D eigenvalue weighted by molar-refractivity contribution is 5.65. The zero-order valence-corrected chi connectivity index (χ0v) is 16.7. The van der Waals surface area contributed by atoms with Gasteiger partial charge in [-0.05, 0) is 25.5 Å². The van der Waals surface area contributed by atoms with Crippen LogP contribution in [-0.4, -0.2) is 62.4 Å². The van der Waals surface area contributed by atoms with E-state index < -0.39 is 48.8 Å². The molecule has 0 heterocycles. The molecule has 1 aliphatic carbocycles. The molecule has 0 amide bonds. The molecule has 0 aromatic heterocycles. The van der Waals surface area contributed by atoms with Crippen LogP contribution in [0.4, 0.5) is 27.6 Å². The van der Waals surface area contributed by atoms with Gasteiger partial charge in [-0.25, -0.2) is 13.8 Å². The average molecular weight is 424 g/mol. The number of rotatable bonds is 9. The first-order valence-corrected chi connectivity index (χ1v) is 9.04. The van der Waals surface area contributed by atoms with E-state index in [-0.39, 0.29) is 5.75 Å². The van der Waals surface area contributed by atoms with Crippen molar-refractivity contribution in [2.45, 2.75) is 38.0 Å². The van der Waals surface area contributed by atoms with Crippen molar-refractivity contribution in [1.82, 2.24) is 4.90 Å². The number of methoxy groups -OCH3 is 1. The maximum Gasteiger partial charge on any atom is 0.423 e. The van der Waals surface area contributed by atoms with Gasteiger partial charge >= 0.3 is 6.18 Å². The van der Waals surface area contributed by atoms with Crippen molar-refractivity contribution in [3.63, 3.8) is 0 Å². The predicted octanol–water partition coefficient (Wildman–Crippen LogP) is 4.04. The zero-order chi connectivity index (χ0) is 22.0. The molecule has 0 aliphatic heterocycles. The smallest absolute Gasteiger partial charge is 0.423 e. The molecule has 29 heavy (non-hydrogen) atoms. The van der Waals surface area contributed by atoms with Crippen LogP contribution in [0, 0.1) is 12.8 Å². The Balaban J connectivity index is 2.34. The SMILES string of the molecule is CCN(C)C=Nc1cc(OC)c(C(O)(COCC2CC2(F)F)C(F)(F)F)cc1C. The lowest BCUT2D eigenvalue weighted by molar-refractivity contribution is -0.282. The second kappa shape index (κ2) is 8.43. The maximum absolute atomic E-state index is 13.8. The van der Waals surface area contributed by atoms with Gasteiger partial charge in [-0.1, -0.05) is 0 Å². The number of aliphatic imine (C=N–C) groups is 1. The molecule has 164 valence electrons. The van der Waals surface area contributed by atoms with Gasteiger partial charge in [-0.2, -0.15) is 13.2 Å². The van der Waals surface area contributed by atoms with Gasteiger partial charge in [0.15, 0.2) is 0 Å². The summed E-state index contributed by atoms with van der Waals surface area (Å²) in [6.45, 7) is 2.34. The Morgan fingerprint density at radius 2 is 1.97 bits per heavy atom. The van der Waals surface area contributed by atoms with Crippen molar-refractivity contribution < 1.29 is 36.5 Å². The van der Waals surface area contributed by atoms with Gasteiger partial charge in [0.25, 0.3) is 5.92 Å². The molecule has 0 bridgehead atoms. The molecule has 1 N–H and O–H groups in total. The average Bonchev–Trinajstić information content (AvgIpc) is 3.25. The van der Waals surface area contributed by atoms with Crippen LogP contribution >= 0.6 is 0 Å². The minimum Gasteiger partial charge on any atom is -0.496 e. The van der Waals surface area contributed by atoms with E-state index in [1.54, 1.807) is 18.9 Å². The van der Waals surface area contributed by atoms with Crippen LogP contribution in [0.1, 0.15) is 24.5 Å². The Labute approximate surface area is 166 Å². The number of nitrogens with zero attached hydrogens (tertiary/aromatic N) is 2. The summed E-state index contributed by atoms with van der Waals surface area (Å²) in [6.07, 6.45) is -4.03. The van der Waals surface area contributed by atoms with Gasteiger partial charge < -0.3 is 19.5 Å². The molecule has 1 aromatic rings. The highest BCUT2D eigenvalue weighted by Crippen LogP contribution is 2.49. The van der Waals surface area contributed by atoms with E-state index >= 15 is 0 Å². The van der Waals surface area contributed by atoms with Gasteiger partial charge in [-0.15, -0.1) is 0 Å². The summed E-state index contributed by atoms with van der Waals surface area (Å²) in [5, 5.41) is 10.5. The third-order valence-corrected chi connectivity index (χ3v) is 4.91. The minimum absolute atomic E-state index is 0.234. The standard InChI is InChI=1S/C19H25F5N2O3/c1-5-26(3)11-25-15-7-16(28-4)14(6-12(15)2)17(27,19(22,23)24)10-29-9-13-8-18(13,20)21/h6-7,11,13,27H,5,8-10H2,1-4H3. The number of alkyl halides is 5. The lowest BCUT2D eigenvalue weighted by atomic mass is 9.91.